The Morgan fingerprint density at radius 1 is 1.15 bits per heavy atom. The monoisotopic (exact) mass is 463 g/mol. The van der Waals surface area contributed by atoms with Crippen LogP contribution in [0.1, 0.15) is 43.4 Å². The molecule has 3 fully saturated rings. The van der Waals surface area contributed by atoms with E-state index in [1.54, 1.807) is 25.4 Å². The molecule has 0 atom stereocenters. The number of amides is 1. The van der Waals surface area contributed by atoms with Crippen molar-refractivity contribution in [2.75, 3.05) is 29.9 Å². The van der Waals surface area contributed by atoms with Gasteiger partial charge in [0.15, 0.2) is 5.11 Å². The van der Waals surface area contributed by atoms with Gasteiger partial charge in [-0.05, 0) is 69.9 Å². The molecule has 0 radical (unpaired) electrons. The maximum atomic E-state index is 13.6. The van der Waals surface area contributed by atoms with Gasteiger partial charge in [0, 0.05) is 13.1 Å². The number of aryl methyl sites for hydroxylation is 1. The minimum atomic E-state index is -0.724. The first kappa shape index (κ1) is 21.7. The van der Waals surface area contributed by atoms with Gasteiger partial charge in [-0.15, -0.1) is 0 Å². The second kappa shape index (κ2) is 8.32. The lowest BCUT2D eigenvalue weighted by Gasteiger charge is -2.42. The third-order valence-corrected chi connectivity index (χ3v) is 7.20. The van der Waals surface area contributed by atoms with Crippen LogP contribution < -0.4 is 14.5 Å². The predicted octanol–water partition coefficient (Wildman–Crippen LogP) is 2.59. The minimum Gasteiger partial charge on any atom is -0.460 e. The molecule has 4 heterocycles. The maximum absolute atomic E-state index is 13.6. The number of ether oxygens (including phenoxy) is 1. The number of thiocarbonyl (C=S) groups is 1. The van der Waals surface area contributed by atoms with Crippen molar-refractivity contribution in [2.24, 2.45) is 0 Å². The third kappa shape index (κ3) is 3.61. The third-order valence-electron chi connectivity index (χ3n) is 6.83. The van der Waals surface area contributed by atoms with Crippen molar-refractivity contribution in [3.63, 3.8) is 0 Å². The summed E-state index contributed by atoms with van der Waals surface area (Å²) in [6.45, 7) is 3.79. The quantitative estimate of drug-likeness (QED) is 0.634. The first-order valence-corrected chi connectivity index (χ1v) is 11.6. The highest BCUT2D eigenvalue weighted by Gasteiger charge is 2.59. The fourth-order valence-electron chi connectivity index (χ4n) is 4.74. The number of likely N-dealkylation sites (tertiary alicyclic amines) is 1. The van der Waals surface area contributed by atoms with Crippen LogP contribution >= 0.6 is 12.2 Å². The SMILES string of the molecule is Cc1cc(N2C(=O)C3(CCC3)N(c3cnc(OC4CCN(C)CC4)nc3)C2=S)cnc1C#N. The van der Waals surface area contributed by atoms with Gasteiger partial charge in [-0.2, -0.15) is 5.26 Å². The van der Waals surface area contributed by atoms with Crippen LogP contribution in [-0.2, 0) is 4.79 Å². The number of nitrogens with zero attached hydrogens (tertiary/aromatic N) is 7. The van der Waals surface area contributed by atoms with Crippen LogP contribution in [-0.4, -0.2) is 62.7 Å². The molecule has 0 aromatic carbocycles. The highest BCUT2D eigenvalue weighted by atomic mass is 32.1. The number of hydrogen-bond donors (Lipinski definition) is 0. The molecular weight excluding hydrogens is 438 g/mol. The van der Waals surface area contributed by atoms with Crippen molar-refractivity contribution in [1.82, 2.24) is 19.9 Å². The highest BCUT2D eigenvalue weighted by Crippen LogP contribution is 2.47. The lowest BCUT2D eigenvalue weighted by Crippen LogP contribution is -2.55. The van der Waals surface area contributed by atoms with Crippen molar-refractivity contribution in [1.29, 1.82) is 5.26 Å². The number of aromatic nitrogens is 3. The maximum Gasteiger partial charge on any atom is 0.316 e. The molecule has 9 nitrogen and oxygen atoms in total. The zero-order chi connectivity index (χ0) is 23.2. The molecule has 33 heavy (non-hydrogen) atoms. The number of carbonyl (C=O) groups is 1. The number of anilines is 2. The molecule has 1 saturated carbocycles. The van der Waals surface area contributed by atoms with Gasteiger partial charge in [0.2, 0.25) is 0 Å². The second-order valence-corrected chi connectivity index (χ2v) is 9.32. The van der Waals surface area contributed by atoms with E-state index < -0.39 is 5.54 Å². The van der Waals surface area contributed by atoms with E-state index in [9.17, 15) is 10.1 Å². The zero-order valence-corrected chi connectivity index (χ0v) is 19.5. The summed E-state index contributed by atoms with van der Waals surface area (Å²) < 4.78 is 5.97. The van der Waals surface area contributed by atoms with Crippen molar-refractivity contribution in [3.05, 3.63) is 35.9 Å². The van der Waals surface area contributed by atoms with Gasteiger partial charge in [-0.3, -0.25) is 14.6 Å². The average Bonchev–Trinajstić information content (AvgIpc) is 3.02. The Bertz CT molecular complexity index is 1130. The molecule has 2 aliphatic heterocycles. The van der Waals surface area contributed by atoms with Crippen LogP contribution in [0, 0.1) is 18.3 Å². The second-order valence-electron chi connectivity index (χ2n) is 8.96. The minimum absolute atomic E-state index is 0.0729. The van der Waals surface area contributed by atoms with E-state index in [2.05, 4.69) is 33.0 Å². The molecule has 2 saturated heterocycles. The van der Waals surface area contributed by atoms with Crippen LogP contribution in [0.25, 0.3) is 0 Å². The highest BCUT2D eigenvalue weighted by molar-refractivity contribution is 7.81. The van der Waals surface area contributed by atoms with Crippen LogP contribution in [0.2, 0.25) is 0 Å². The number of piperidine rings is 1. The summed E-state index contributed by atoms with van der Waals surface area (Å²) in [5.74, 6) is -0.0729. The Morgan fingerprint density at radius 2 is 1.82 bits per heavy atom. The Hall–Kier alpha value is -3.16. The normalized spacial score (nSPS) is 20.8. The molecule has 3 aliphatic rings. The van der Waals surface area contributed by atoms with Gasteiger partial charge in [0.05, 0.1) is 30.0 Å². The summed E-state index contributed by atoms with van der Waals surface area (Å²) in [7, 11) is 2.11. The first-order valence-electron chi connectivity index (χ1n) is 11.2. The number of pyridine rings is 1. The Balaban J connectivity index is 1.40. The lowest BCUT2D eigenvalue weighted by atomic mass is 9.75. The Morgan fingerprint density at radius 3 is 2.39 bits per heavy atom. The van der Waals surface area contributed by atoms with Crippen molar-refractivity contribution >= 4 is 34.6 Å². The van der Waals surface area contributed by atoms with Crippen molar-refractivity contribution in [2.45, 2.75) is 50.7 Å². The molecule has 2 aromatic rings. The fraction of sp³-hybridized carbons (Fsp3) is 0.478. The van der Waals surface area contributed by atoms with Crippen LogP contribution in [0.5, 0.6) is 6.01 Å². The smallest absolute Gasteiger partial charge is 0.316 e. The molecule has 10 heteroatoms. The average molecular weight is 464 g/mol. The van der Waals surface area contributed by atoms with E-state index in [0.717, 1.165) is 32.4 Å². The van der Waals surface area contributed by atoms with E-state index in [4.69, 9.17) is 17.0 Å². The summed E-state index contributed by atoms with van der Waals surface area (Å²) >= 11 is 5.78. The molecule has 0 unspecified atom stereocenters. The molecular formula is C23H25N7O2S. The zero-order valence-electron chi connectivity index (χ0n) is 18.7. The summed E-state index contributed by atoms with van der Waals surface area (Å²) in [5.41, 5.74) is 1.55. The Kier molecular flexibility index (Phi) is 5.46. The molecule has 1 amide bonds. The Labute approximate surface area is 198 Å². The van der Waals surface area contributed by atoms with Crippen LogP contribution in [0.4, 0.5) is 11.4 Å². The summed E-state index contributed by atoms with van der Waals surface area (Å²) in [6.07, 6.45) is 9.26. The first-order chi connectivity index (χ1) is 15.9. The van der Waals surface area contributed by atoms with E-state index >= 15 is 0 Å². The fourth-order valence-corrected chi connectivity index (χ4v) is 5.21. The topological polar surface area (TPSA) is 98.5 Å². The van der Waals surface area contributed by atoms with Gasteiger partial charge in [0.25, 0.3) is 5.91 Å². The number of hydrogen-bond acceptors (Lipinski definition) is 8. The summed E-state index contributed by atoms with van der Waals surface area (Å²) in [4.78, 5) is 32.3. The van der Waals surface area contributed by atoms with Gasteiger partial charge in [-0.1, -0.05) is 0 Å². The van der Waals surface area contributed by atoms with Crippen LogP contribution in [0.3, 0.4) is 0 Å². The standard InChI is InChI=1S/C23H25N7O2S/c1-15-10-16(12-25-19(15)11-24)29-20(31)23(6-3-7-23)30(22(29)33)17-13-26-21(27-14-17)32-18-4-8-28(2)9-5-18/h10,12-14,18H,3-9H2,1-2H3. The van der Waals surface area contributed by atoms with Crippen molar-refractivity contribution in [3.8, 4) is 12.1 Å². The number of nitriles is 1. The summed E-state index contributed by atoms with van der Waals surface area (Å²) in [6, 6.07) is 4.18. The number of rotatable bonds is 4. The van der Waals surface area contributed by atoms with Crippen LogP contribution in [0.15, 0.2) is 24.7 Å². The summed E-state index contributed by atoms with van der Waals surface area (Å²) in [5, 5.41) is 9.56. The van der Waals surface area contributed by atoms with E-state index in [1.807, 2.05) is 4.90 Å². The molecule has 5 rings (SSSR count). The van der Waals surface area contributed by atoms with E-state index in [-0.39, 0.29) is 12.0 Å². The molecule has 0 bridgehead atoms. The van der Waals surface area contributed by atoms with E-state index in [1.165, 1.54) is 11.1 Å². The van der Waals surface area contributed by atoms with Crippen molar-refractivity contribution < 1.29 is 9.53 Å². The van der Waals surface area contributed by atoms with Gasteiger partial charge in [-0.25, -0.2) is 15.0 Å². The van der Waals surface area contributed by atoms with Gasteiger partial charge < -0.3 is 9.64 Å². The molecule has 0 N–H and O–H groups in total. The van der Waals surface area contributed by atoms with Gasteiger partial charge >= 0.3 is 6.01 Å². The largest absolute Gasteiger partial charge is 0.460 e. The van der Waals surface area contributed by atoms with E-state index in [0.29, 0.717) is 46.6 Å². The number of carbonyl (C=O) groups excluding carboxylic acids is 1. The molecule has 1 aliphatic carbocycles. The molecule has 1 spiro atoms. The molecule has 2 aromatic heterocycles. The lowest BCUT2D eigenvalue weighted by molar-refractivity contribution is -0.123. The predicted molar refractivity (Wildman–Crippen MR) is 126 cm³/mol. The van der Waals surface area contributed by atoms with Gasteiger partial charge in [0.1, 0.15) is 23.4 Å². The molecule has 170 valence electrons.